The minimum absolute atomic E-state index is 0.127. The number of hydrogen-bond donors (Lipinski definition) is 2. The number of halogens is 1. The zero-order valence-corrected chi connectivity index (χ0v) is 22.0. The summed E-state index contributed by atoms with van der Waals surface area (Å²) >= 11 is 6.06. The summed E-state index contributed by atoms with van der Waals surface area (Å²) in [6.45, 7) is 3.52. The number of amides is 3. The van der Waals surface area contributed by atoms with Crippen molar-refractivity contribution in [2.24, 2.45) is 16.3 Å². The Morgan fingerprint density at radius 1 is 1.22 bits per heavy atom. The number of hydrazone groups is 1. The molecule has 37 heavy (non-hydrogen) atoms. The fourth-order valence-corrected chi connectivity index (χ4v) is 4.87. The first-order chi connectivity index (χ1) is 17.5. The molecule has 0 spiro atoms. The van der Waals surface area contributed by atoms with Crippen molar-refractivity contribution in [2.75, 3.05) is 26.7 Å². The fourth-order valence-electron chi connectivity index (χ4n) is 4.69. The Morgan fingerprint density at radius 2 is 1.95 bits per heavy atom. The SMILES string of the molecule is CN1N=C2CCN(C(=O)[C@@H](COc3cccc(Cl)c3)NC(=O)C(C)(C)N)C[C@@]2(Cc2ccccc2)C1=O. The van der Waals surface area contributed by atoms with Gasteiger partial charge in [0.05, 0.1) is 11.3 Å². The molecule has 2 aliphatic rings. The monoisotopic (exact) mass is 525 g/mol. The lowest BCUT2D eigenvalue weighted by atomic mass is 9.73. The smallest absolute Gasteiger partial charge is 0.256 e. The summed E-state index contributed by atoms with van der Waals surface area (Å²) in [5.41, 5.74) is 5.57. The molecule has 0 saturated carbocycles. The molecule has 2 heterocycles. The molecule has 2 atom stereocenters. The van der Waals surface area contributed by atoms with Gasteiger partial charge in [-0.1, -0.05) is 48.0 Å². The minimum Gasteiger partial charge on any atom is -0.491 e. The van der Waals surface area contributed by atoms with Gasteiger partial charge < -0.3 is 20.7 Å². The summed E-state index contributed by atoms with van der Waals surface area (Å²) in [6.07, 6.45) is 0.873. The third-order valence-electron chi connectivity index (χ3n) is 6.67. The van der Waals surface area contributed by atoms with E-state index >= 15 is 0 Å². The van der Waals surface area contributed by atoms with Crippen molar-refractivity contribution in [1.29, 1.82) is 0 Å². The van der Waals surface area contributed by atoms with E-state index in [9.17, 15) is 14.4 Å². The van der Waals surface area contributed by atoms with Crippen LogP contribution in [0.4, 0.5) is 0 Å². The Hall–Kier alpha value is -3.43. The summed E-state index contributed by atoms with van der Waals surface area (Å²) in [5.74, 6) is -0.528. The van der Waals surface area contributed by atoms with E-state index in [0.29, 0.717) is 30.2 Å². The molecule has 9 nitrogen and oxygen atoms in total. The van der Waals surface area contributed by atoms with E-state index in [1.165, 1.54) is 5.01 Å². The van der Waals surface area contributed by atoms with E-state index in [1.54, 1.807) is 50.1 Å². The molecule has 2 aromatic rings. The largest absolute Gasteiger partial charge is 0.491 e. The number of carbonyl (C=O) groups is 3. The number of likely N-dealkylation sites (tertiary alicyclic amines) is 1. The van der Waals surface area contributed by atoms with Crippen molar-refractivity contribution in [3.63, 3.8) is 0 Å². The summed E-state index contributed by atoms with van der Waals surface area (Å²) in [7, 11) is 1.64. The van der Waals surface area contributed by atoms with Crippen LogP contribution in [0.15, 0.2) is 59.7 Å². The zero-order chi connectivity index (χ0) is 26.8. The van der Waals surface area contributed by atoms with Gasteiger partial charge in [0, 0.05) is 31.6 Å². The molecule has 0 unspecified atom stereocenters. The molecule has 196 valence electrons. The average Bonchev–Trinajstić information content (AvgIpc) is 3.10. The Labute approximate surface area is 221 Å². The van der Waals surface area contributed by atoms with Gasteiger partial charge in [0.2, 0.25) is 11.8 Å². The van der Waals surface area contributed by atoms with Crippen LogP contribution >= 0.6 is 11.6 Å². The van der Waals surface area contributed by atoms with Gasteiger partial charge in [-0.2, -0.15) is 5.10 Å². The van der Waals surface area contributed by atoms with E-state index in [0.717, 1.165) is 11.3 Å². The second-order valence-electron chi connectivity index (χ2n) is 10.1. The molecular formula is C27H32ClN5O4. The Bertz CT molecular complexity index is 1210. The van der Waals surface area contributed by atoms with Crippen LogP contribution < -0.4 is 15.8 Å². The number of rotatable bonds is 8. The number of fused-ring (bicyclic) bond motifs is 1. The lowest BCUT2D eigenvalue weighted by Gasteiger charge is -2.40. The quantitative estimate of drug-likeness (QED) is 0.548. The first-order valence-electron chi connectivity index (χ1n) is 12.2. The molecule has 1 fully saturated rings. The van der Waals surface area contributed by atoms with Crippen LogP contribution in [0.2, 0.25) is 5.02 Å². The molecular weight excluding hydrogens is 494 g/mol. The van der Waals surface area contributed by atoms with E-state index in [-0.39, 0.29) is 25.0 Å². The van der Waals surface area contributed by atoms with Crippen molar-refractivity contribution in [2.45, 2.75) is 38.3 Å². The maximum atomic E-state index is 13.8. The second kappa shape index (κ2) is 10.5. The molecule has 0 bridgehead atoms. The van der Waals surface area contributed by atoms with E-state index in [4.69, 9.17) is 22.1 Å². The maximum absolute atomic E-state index is 13.8. The number of ether oxygens (including phenoxy) is 1. The number of hydrogen-bond acceptors (Lipinski definition) is 6. The Morgan fingerprint density at radius 3 is 2.62 bits per heavy atom. The third-order valence-corrected chi connectivity index (χ3v) is 6.90. The van der Waals surface area contributed by atoms with Gasteiger partial charge in [-0.25, -0.2) is 5.01 Å². The van der Waals surface area contributed by atoms with Gasteiger partial charge in [-0.15, -0.1) is 0 Å². The number of carbonyl (C=O) groups excluding carboxylic acids is 3. The number of nitrogens with one attached hydrogen (secondary N) is 1. The predicted molar refractivity (Wildman–Crippen MR) is 141 cm³/mol. The molecule has 1 saturated heterocycles. The molecule has 4 rings (SSSR count). The van der Waals surface area contributed by atoms with Gasteiger partial charge >= 0.3 is 0 Å². The van der Waals surface area contributed by atoms with Crippen LogP contribution in [0.5, 0.6) is 5.75 Å². The van der Waals surface area contributed by atoms with Crippen molar-refractivity contribution < 1.29 is 19.1 Å². The van der Waals surface area contributed by atoms with Gasteiger partial charge in [0.25, 0.3) is 5.91 Å². The van der Waals surface area contributed by atoms with Crippen LogP contribution in [-0.4, -0.2) is 71.7 Å². The highest BCUT2D eigenvalue weighted by molar-refractivity contribution is 6.30. The van der Waals surface area contributed by atoms with Crippen LogP contribution in [0.1, 0.15) is 25.8 Å². The average molecular weight is 526 g/mol. The molecule has 0 radical (unpaired) electrons. The van der Waals surface area contributed by atoms with Crippen LogP contribution in [0.25, 0.3) is 0 Å². The predicted octanol–water partition coefficient (Wildman–Crippen LogP) is 2.23. The highest BCUT2D eigenvalue weighted by Gasteiger charge is 2.54. The van der Waals surface area contributed by atoms with Gasteiger partial charge in [-0.05, 0) is 44.0 Å². The van der Waals surface area contributed by atoms with Crippen LogP contribution in [0, 0.1) is 5.41 Å². The Kier molecular flexibility index (Phi) is 7.57. The Balaban J connectivity index is 1.58. The number of nitrogens with two attached hydrogens (primary N) is 1. The van der Waals surface area contributed by atoms with Crippen molar-refractivity contribution >= 4 is 35.0 Å². The first kappa shape index (κ1) is 26.6. The van der Waals surface area contributed by atoms with Gasteiger partial charge in [0.1, 0.15) is 23.8 Å². The summed E-state index contributed by atoms with van der Waals surface area (Å²) in [4.78, 5) is 41.6. The number of piperidine rings is 1. The van der Waals surface area contributed by atoms with Crippen molar-refractivity contribution in [3.8, 4) is 5.75 Å². The lowest BCUT2D eigenvalue weighted by Crippen LogP contribution is -2.62. The molecule has 0 aliphatic carbocycles. The molecule has 0 aromatic heterocycles. The van der Waals surface area contributed by atoms with Gasteiger partial charge in [0.15, 0.2) is 0 Å². The first-order valence-corrected chi connectivity index (χ1v) is 12.5. The molecule has 10 heteroatoms. The maximum Gasteiger partial charge on any atom is 0.256 e. The fraction of sp³-hybridized carbons (Fsp3) is 0.407. The molecule has 2 aromatic carbocycles. The molecule has 2 aliphatic heterocycles. The number of nitrogens with zero attached hydrogens (tertiary/aromatic N) is 3. The topological polar surface area (TPSA) is 117 Å². The second-order valence-corrected chi connectivity index (χ2v) is 10.6. The van der Waals surface area contributed by atoms with E-state index in [1.807, 2.05) is 30.3 Å². The van der Waals surface area contributed by atoms with Crippen LogP contribution in [0.3, 0.4) is 0 Å². The minimum atomic E-state index is -1.20. The standard InChI is InChI=1S/C27H32ClN5O4/c1-26(2,29)24(35)30-21(16-37-20-11-7-10-19(28)14-20)23(34)33-13-12-22-27(17-33,25(36)32(3)31-22)15-18-8-5-4-6-9-18/h4-11,14,21H,12-13,15-17,29H2,1-3H3,(H,30,35)/t21-,27-/m1/s1. The summed E-state index contributed by atoms with van der Waals surface area (Å²) in [5, 5.41) is 9.10. The summed E-state index contributed by atoms with van der Waals surface area (Å²) < 4.78 is 5.83. The molecule has 3 N–H and O–H groups in total. The third kappa shape index (κ3) is 5.78. The van der Waals surface area contributed by atoms with E-state index in [2.05, 4.69) is 10.4 Å². The summed E-state index contributed by atoms with van der Waals surface area (Å²) in [6, 6.07) is 15.5. The lowest BCUT2D eigenvalue weighted by molar-refractivity contribution is -0.143. The molecule has 3 amide bonds. The number of benzene rings is 2. The van der Waals surface area contributed by atoms with Gasteiger partial charge in [-0.3, -0.25) is 14.4 Å². The highest BCUT2D eigenvalue weighted by atomic mass is 35.5. The van der Waals surface area contributed by atoms with Crippen LogP contribution in [-0.2, 0) is 20.8 Å². The van der Waals surface area contributed by atoms with E-state index < -0.39 is 22.9 Å². The normalized spacial score (nSPS) is 20.2. The van der Waals surface area contributed by atoms with Crippen molar-refractivity contribution in [1.82, 2.24) is 15.2 Å². The van der Waals surface area contributed by atoms with Crippen molar-refractivity contribution in [3.05, 3.63) is 65.2 Å². The zero-order valence-electron chi connectivity index (χ0n) is 21.2. The highest BCUT2D eigenvalue weighted by Crippen LogP contribution is 2.38.